The van der Waals surface area contributed by atoms with Crippen molar-refractivity contribution in [3.8, 4) is 0 Å². The summed E-state index contributed by atoms with van der Waals surface area (Å²) in [7, 11) is 0. The molecule has 0 aromatic heterocycles. The van der Waals surface area contributed by atoms with E-state index in [1.807, 2.05) is 158 Å². The van der Waals surface area contributed by atoms with Crippen LogP contribution in [0.15, 0.2) is 231 Å². The molecule has 1 N–H and O–H groups in total. The fourth-order valence-electron chi connectivity index (χ4n) is 12.5. The maximum atomic E-state index is 15.3. The molecular formula is C69H62F6N6O4. The number of carbonyl (C=O) groups excluding carboxylic acids is 4. The predicted octanol–water partition coefficient (Wildman–Crippen LogP) is 12.3. The van der Waals surface area contributed by atoms with E-state index in [0.717, 1.165) is 57.6 Å². The Kier molecular flexibility index (Phi) is 16.1. The lowest BCUT2D eigenvalue weighted by atomic mass is 9.78. The van der Waals surface area contributed by atoms with Crippen molar-refractivity contribution in [3.63, 3.8) is 0 Å². The van der Waals surface area contributed by atoms with Crippen LogP contribution < -0.4 is 5.32 Å². The lowest BCUT2D eigenvalue weighted by Gasteiger charge is -2.62. The SMILES string of the molecule is CC1C(=O)N(Cc2ccc(C(F)(F)F)cc2)C2(CN(C(c3ccccc3)c3ccccc3)C2)C(=O)N1C(c1ccccc1)c1ccccc1.CC1C(=O)N(Cc2ccc(C(F)(F)F)cc2)C2(CNC2)C(=O)N1C(c1ccccc1)c1ccccc1. The molecule has 4 saturated heterocycles. The third kappa shape index (κ3) is 11.2. The fraction of sp³-hybridized carbons (Fsp3) is 0.246. The second-order valence-corrected chi connectivity index (χ2v) is 22.3. The summed E-state index contributed by atoms with van der Waals surface area (Å²) in [4.78, 5) is 66.7. The molecule has 0 saturated carbocycles. The molecule has 8 aromatic rings. The molecule has 2 unspecified atom stereocenters. The molecule has 85 heavy (non-hydrogen) atoms. The monoisotopic (exact) mass is 1150 g/mol. The average molecular weight is 1150 g/mol. The van der Waals surface area contributed by atoms with E-state index in [1.54, 1.807) is 33.4 Å². The Balaban J connectivity index is 0.000000186. The van der Waals surface area contributed by atoms with Gasteiger partial charge >= 0.3 is 12.4 Å². The van der Waals surface area contributed by atoms with Crippen molar-refractivity contribution in [1.82, 2.24) is 29.8 Å². The number of hydrogen-bond acceptors (Lipinski definition) is 6. The van der Waals surface area contributed by atoms with Gasteiger partial charge in [-0.05, 0) is 82.6 Å². The number of likely N-dealkylation sites (tertiary alicyclic amines) is 1. The van der Waals surface area contributed by atoms with Gasteiger partial charge in [0.25, 0.3) is 11.8 Å². The van der Waals surface area contributed by atoms with Crippen molar-refractivity contribution in [1.29, 1.82) is 0 Å². The third-order valence-corrected chi connectivity index (χ3v) is 17.0. The topological polar surface area (TPSA) is 96.5 Å². The van der Waals surface area contributed by atoms with Gasteiger partial charge in [0.05, 0.1) is 29.3 Å². The molecule has 10 nitrogen and oxygen atoms in total. The zero-order valence-corrected chi connectivity index (χ0v) is 46.7. The van der Waals surface area contributed by atoms with Crippen LogP contribution in [0.2, 0.25) is 0 Å². The molecule has 4 amide bonds. The Labute approximate surface area is 489 Å². The first-order chi connectivity index (χ1) is 40.9. The first kappa shape index (κ1) is 57.9. The summed E-state index contributed by atoms with van der Waals surface area (Å²) in [6.07, 6.45) is -8.92. The van der Waals surface area contributed by atoms with Gasteiger partial charge in [-0.1, -0.05) is 206 Å². The van der Waals surface area contributed by atoms with Gasteiger partial charge in [-0.2, -0.15) is 26.3 Å². The molecule has 4 aliphatic heterocycles. The zero-order valence-electron chi connectivity index (χ0n) is 46.7. The molecule has 16 heteroatoms. The number of rotatable bonds is 13. The van der Waals surface area contributed by atoms with Gasteiger partial charge in [0.15, 0.2) is 0 Å². The molecule has 0 radical (unpaired) electrons. The molecule has 0 aliphatic carbocycles. The Hall–Kier alpha value is -8.86. The number of alkyl halides is 6. The highest BCUT2D eigenvalue weighted by Gasteiger charge is 2.64. The lowest BCUT2D eigenvalue weighted by Crippen LogP contribution is -2.82. The molecule has 434 valence electrons. The Morgan fingerprint density at radius 3 is 0.941 bits per heavy atom. The average Bonchev–Trinajstić information content (AvgIpc) is 1.01. The number of hydrogen-bond donors (Lipinski definition) is 1. The van der Waals surface area contributed by atoms with Crippen molar-refractivity contribution in [2.45, 2.75) is 80.6 Å². The fourth-order valence-corrected chi connectivity index (χ4v) is 12.5. The number of nitrogens with one attached hydrogen (secondary N) is 1. The smallest absolute Gasteiger partial charge is 0.319 e. The van der Waals surface area contributed by atoms with Crippen LogP contribution in [-0.2, 0) is 44.6 Å². The largest absolute Gasteiger partial charge is 0.416 e. The molecule has 8 aromatic carbocycles. The van der Waals surface area contributed by atoms with Gasteiger partial charge in [0.2, 0.25) is 11.8 Å². The van der Waals surface area contributed by atoms with Crippen molar-refractivity contribution in [2.24, 2.45) is 0 Å². The van der Waals surface area contributed by atoms with E-state index < -0.39 is 58.7 Å². The molecule has 4 aliphatic rings. The number of amides is 4. The van der Waals surface area contributed by atoms with Crippen LogP contribution in [0.25, 0.3) is 0 Å². The van der Waals surface area contributed by atoms with E-state index >= 15 is 4.79 Å². The molecule has 4 fully saturated rings. The normalized spacial score (nSPS) is 18.7. The summed E-state index contributed by atoms with van der Waals surface area (Å²) in [6, 6.07) is 65.6. The number of carbonyl (C=O) groups is 4. The van der Waals surface area contributed by atoms with E-state index in [4.69, 9.17) is 0 Å². The molecule has 0 bridgehead atoms. The highest BCUT2D eigenvalue weighted by Crippen LogP contribution is 2.47. The Morgan fingerprint density at radius 1 is 0.400 bits per heavy atom. The predicted molar refractivity (Wildman–Crippen MR) is 311 cm³/mol. The molecule has 2 spiro atoms. The van der Waals surface area contributed by atoms with E-state index in [0.29, 0.717) is 11.1 Å². The minimum absolute atomic E-state index is 0.0113. The second-order valence-electron chi connectivity index (χ2n) is 22.3. The van der Waals surface area contributed by atoms with Gasteiger partial charge in [0.1, 0.15) is 23.2 Å². The number of benzene rings is 8. The van der Waals surface area contributed by atoms with Crippen LogP contribution in [0.3, 0.4) is 0 Å². The van der Waals surface area contributed by atoms with E-state index in [-0.39, 0.29) is 68.9 Å². The van der Waals surface area contributed by atoms with E-state index in [2.05, 4.69) is 34.5 Å². The summed E-state index contributed by atoms with van der Waals surface area (Å²) in [5, 5.41) is 3.13. The van der Waals surface area contributed by atoms with Crippen molar-refractivity contribution in [2.75, 3.05) is 26.2 Å². The molecule has 4 heterocycles. The van der Waals surface area contributed by atoms with Crippen LogP contribution in [0.5, 0.6) is 0 Å². The quantitative estimate of drug-likeness (QED) is 0.116. The first-order valence-electron chi connectivity index (χ1n) is 28.2. The van der Waals surface area contributed by atoms with Crippen LogP contribution in [-0.4, -0.2) is 97.5 Å². The van der Waals surface area contributed by atoms with E-state index in [9.17, 15) is 40.7 Å². The van der Waals surface area contributed by atoms with Gasteiger partial charge in [-0.3, -0.25) is 24.1 Å². The standard InChI is InChI=1S/C41H36F3N3O2.C28H26F3N3O2/c1-29-38(48)46(26-30-22-24-35(25-23-30)41(42,43)44)40(27-45(28-40)36(31-14-6-2-7-15-31)32-16-8-3-9-17-32)39(49)47(29)37(33-18-10-4-11-19-33)34-20-12-5-13-21-34;1-19-25(35)33(16-20-12-14-23(15-13-20)28(29,30)31)27(17-32-18-27)26(36)34(19)24(21-8-4-2-5-9-21)22-10-6-3-7-11-22/h2-25,29,36-37H,26-28H2,1H3;2-15,19,24,32H,16-18H2,1H3. The summed E-state index contributed by atoms with van der Waals surface area (Å²) < 4.78 is 79.2. The number of halogens is 6. The van der Waals surface area contributed by atoms with Crippen LogP contribution in [0.4, 0.5) is 26.3 Å². The summed E-state index contributed by atoms with van der Waals surface area (Å²) in [5.41, 5.74) is 2.91. The number of nitrogens with zero attached hydrogens (tertiary/aromatic N) is 5. The van der Waals surface area contributed by atoms with Crippen LogP contribution in [0.1, 0.15) is 87.6 Å². The summed E-state index contributed by atoms with van der Waals surface area (Å²) in [6.45, 7) is 4.63. The number of piperazine rings is 2. The molecule has 2 atom stereocenters. The minimum atomic E-state index is -4.48. The Morgan fingerprint density at radius 2 is 0.671 bits per heavy atom. The highest BCUT2D eigenvalue weighted by atomic mass is 19.4. The highest BCUT2D eigenvalue weighted by molar-refractivity contribution is 6.02. The minimum Gasteiger partial charge on any atom is -0.319 e. The lowest BCUT2D eigenvalue weighted by molar-refractivity contribution is -0.189. The first-order valence-corrected chi connectivity index (χ1v) is 28.2. The zero-order chi connectivity index (χ0) is 59.7. The van der Waals surface area contributed by atoms with Crippen LogP contribution >= 0.6 is 0 Å². The van der Waals surface area contributed by atoms with Crippen molar-refractivity contribution in [3.05, 3.63) is 286 Å². The van der Waals surface area contributed by atoms with Gasteiger partial charge in [-0.15, -0.1) is 0 Å². The van der Waals surface area contributed by atoms with Crippen molar-refractivity contribution >= 4 is 23.6 Å². The van der Waals surface area contributed by atoms with Gasteiger partial charge in [-0.25, -0.2) is 0 Å². The van der Waals surface area contributed by atoms with E-state index in [1.165, 1.54) is 24.3 Å². The van der Waals surface area contributed by atoms with Gasteiger partial charge in [0, 0.05) is 39.3 Å². The molecular weight excluding hydrogens is 1090 g/mol. The molecule has 12 rings (SSSR count). The maximum absolute atomic E-state index is 15.3. The summed E-state index contributed by atoms with van der Waals surface area (Å²) in [5.74, 6) is -0.821. The van der Waals surface area contributed by atoms with Crippen molar-refractivity contribution < 1.29 is 45.5 Å². The van der Waals surface area contributed by atoms with Gasteiger partial charge < -0.3 is 24.9 Å². The van der Waals surface area contributed by atoms with Crippen LogP contribution in [0, 0.1) is 0 Å². The summed E-state index contributed by atoms with van der Waals surface area (Å²) >= 11 is 0. The Bertz CT molecular complexity index is 3490. The maximum Gasteiger partial charge on any atom is 0.416 e. The third-order valence-electron chi connectivity index (χ3n) is 17.0. The second kappa shape index (κ2) is 23.7.